The Kier molecular flexibility index (Phi) is 4.38. The van der Waals surface area contributed by atoms with Crippen LogP contribution in [0, 0.1) is 0 Å². The molecule has 1 aromatic carbocycles. The molecule has 1 heterocycles. The Hall–Kier alpha value is -0.380. The predicted octanol–water partition coefficient (Wildman–Crippen LogP) is 5.59. The van der Waals surface area contributed by atoms with Gasteiger partial charge >= 0.3 is 0 Å². The number of benzene rings is 1. The quantitative estimate of drug-likeness (QED) is 0.628. The van der Waals surface area contributed by atoms with E-state index in [-0.39, 0.29) is 0 Å². The van der Waals surface area contributed by atoms with Crippen molar-refractivity contribution in [3.05, 3.63) is 51.8 Å². The number of allylic oxidation sites excluding steroid dienone is 1. The summed E-state index contributed by atoms with van der Waals surface area (Å²) < 4.78 is 1.13. The van der Waals surface area contributed by atoms with Gasteiger partial charge in [-0.1, -0.05) is 62.2 Å². The molecule has 2 rings (SSSR count). The van der Waals surface area contributed by atoms with Gasteiger partial charge in [0, 0.05) is 14.7 Å². The minimum absolute atomic E-state index is 0.881. The molecular weight excluding hydrogens is 348 g/mol. The molecular formula is C13H10Br2S. The van der Waals surface area contributed by atoms with Gasteiger partial charge in [-0.15, -0.1) is 11.3 Å². The molecule has 0 N–H and O–H groups in total. The van der Waals surface area contributed by atoms with Gasteiger partial charge in [-0.3, -0.25) is 0 Å². The summed E-state index contributed by atoms with van der Waals surface area (Å²) >= 11 is 8.74. The summed E-state index contributed by atoms with van der Waals surface area (Å²) in [4.78, 5) is 1.30. The molecule has 16 heavy (non-hydrogen) atoms. The van der Waals surface area contributed by atoms with E-state index in [1.54, 1.807) is 11.3 Å². The van der Waals surface area contributed by atoms with Crippen molar-refractivity contribution >= 4 is 49.3 Å². The first-order chi connectivity index (χ1) is 7.81. The summed E-state index contributed by atoms with van der Waals surface area (Å²) in [6, 6.07) is 10.7. The molecule has 0 radical (unpaired) electrons. The van der Waals surface area contributed by atoms with Gasteiger partial charge in [-0.2, -0.15) is 0 Å². The van der Waals surface area contributed by atoms with E-state index in [1.807, 2.05) is 0 Å². The smallest absolute Gasteiger partial charge is 0.0343 e. The number of hydrogen-bond donors (Lipinski definition) is 0. The first kappa shape index (κ1) is 12.1. The number of rotatable bonds is 3. The lowest BCUT2D eigenvalue weighted by molar-refractivity contribution is 1.59. The Morgan fingerprint density at radius 1 is 1.25 bits per heavy atom. The molecule has 3 heteroatoms. The highest BCUT2D eigenvalue weighted by Gasteiger charge is 2.01. The number of alkyl halides is 1. The summed E-state index contributed by atoms with van der Waals surface area (Å²) in [6.07, 6.45) is 4.20. The van der Waals surface area contributed by atoms with Crippen LogP contribution in [-0.2, 0) is 0 Å². The van der Waals surface area contributed by atoms with Crippen molar-refractivity contribution in [2.45, 2.75) is 0 Å². The van der Waals surface area contributed by atoms with Gasteiger partial charge < -0.3 is 0 Å². The van der Waals surface area contributed by atoms with Crippen LogP contribution in [0.15, 0.2) is 46.3 Å². The van der Waals surface area contributed by atoms with Crippen molar-refractivity contribution in [3.63, 3.8) is 0 Å². The lowest BCUT2D eigenvalue weighted by Gasteiger charge is -2.02. The van der Waals surface area contributed by atoms with Crippen molar-refractivity contribution < 1.29 is 0 Å². The van der Waals surface area contributed by atoms with Crippen LogP contribution in [0.4, 0.5) is 0 Å². The van der Waals surface area contributed by atoms with E-state index in [0.717, 1.165) is 9.80 Å². The molecule has 82 valence electrons. The Labute approximate surface area is 116 Å². The van der Waals surface area contributed by atoms with E-state index in [2.05, 4.69) is 79.7 Å². The molecule has 0 atom stereocenters. The van der Waals surface area contributed by atoms with E-state index in [9.17, 15) is 0 Å². The van der Waals surface area contributed by atoms with Gasteiger partial charge in [-0.25, -0.2) is 0 Å². The van der Waals surface area contributed by atoms with Crippen LogP contribution in [-0.4, -0.2) is 5.33 Å². The minimum atomic E-state index is 0.881. The maximum Gasteiger partial charge on any atom is 0.0343 e. The van der Waals surface area contributed by atoms with Crippen molar-refractivity contribution in [1.29, 1.82) is 0 Å². The maximum absolute atomic E-state index is 3.60. The molecule has 2 aromatic rings. The Morgan fingerprint density at radius 2 is 2.12 bits per heavy atom. The van der Waals surface area contributed by atoms with Crippen LogP contribution in [0.3, 0.4) is 0 Å². The minimum Gasteiger partial charge on any atom is -0.144 e. The van der Waals surface area contributed by atoms with Crippen LogP contribution in [0.5, 0.6) is 0 Å². The van der Waals surface area contributed by atoms with E-state index < -0.39 is 0 Å². The summed E-state index contributed by atoms with van der Waals surface area (Å²) in [6.45, 7) is 0. The SMILES string of the molecule is BrC/C=C/c1ccc(-c2cccs2)cc1Br. The molecule has 0 amide bonds. The molecule has 0 saturated heterocycles. The second-order valence-corrected chi connectivity index (χ2v) is 5.72. The number of halogens is 2. The molecule has 0 unspecified atom stereocenters. The third-order valence-electron chi connectivity index (χ3n) is 2.19. The summed E-state index contributed by atoms with van der Waals surface area (Å²) in [7, 11) is 0. The lowest BCUT2D eigenvalue weighted by Crippen LogP contribution is -1.78. The monoisotopic (exact) mass is 356 g/mol. The van der Waals surface area contributed by atoms with Crippen molar-refractivity contribution in [2.24, 2.45) is 0 Å². The summed E-state index contributed by atoms with van der Waals surface area (Å²) in [5, 5.41) is 2.98. The highest BCUT2D eigenvalue weighted by Crippen LogP contribution is 2.29. The fraction of sp³-hybridized carbons (Fsp3) is 0.0769. The molecule has 1 aromatic heterocycles. The second-order valence-electron chi connectivity index (χ2n) is 3.27. The van der Waals surface area contributed by atoms with E-state index in [1.165, 1.54) is 16.0 Å². The van der Waals surface area contributed by atoms with Gasteiger partial charge in [0.15, 0.2) is 0 Å². The first-order valence-corrected chi connectivity index (χ1v) is 7.66. The fourth-order valence-corrected chi connectivity index (χ4v) is 2.85. The predicted molar refractivity (Wildman–Crippen MR) is 80.3 cm³/mol. The standard InChI is InChI=1S/C13H10Br2S/c14-7-1-3-10-5-6-11(9-12(10)15)13-4-2-8-16-13/h1-6,8-9H,7H2/b3-1+. The van der Waals surface area contributed by atoms with Crippen LogP contribution in [0.25, 0.3) is 16.5 Å². The van der Waals surface area contributed by atoms with Gasteiger partial charge in [-0.05, 0) is 28.6 Å². The van der Waals surface area contributed by atoms with E-state index in [0.29, 0.717) is 0 Å². The lowest BCUT2D eigenvalue weighted by atomic mass is 10.1. The van der Waals surface area contributed by atoms with Crippen LogP contribution in [0.1, 0.15) is 5.56 Å². The Balaban J connectivity index is 2.33. The van der Waals surface area contributed by atoms with Crippen LogP contribution >= 0.6 is 43.2 Å². The maximum atomic E-state index is 3.60. The largest absolute Gasteiger partial charge is 0.144 e. The fourth-order valence-electron chi connectivity index (χ4n) is 1.43. The zero-order chi connectivity index (χ0) is 11.4. The Bertz CT molecular complexity index is 487. The molecule has 0 nitrogen and oxygen atoms in total. The van der Waals surface area contributed by atoms with Crippen LogP contribution < -0.4 is 0 Å². The molecule has 0 aliphatic rings. The molecule has 0 spiro atoms. The van der Waals surface area contributed by atoms with Gasteiger partial charge in [0.2, 0.25) is 0 Å². The second kappa shape index (κ2) is 5.80. The van der Waals surface area contributed by atoms with Gasteiger partial charge in [0.1, 0.15) is 0 Å². The molecule has 0 bridgehead atoms. The van der Waals surface area contributed by atoms with Crippen LogP contribution in [0.2, 0.25) is 0 Å². The average Bonchev–Trinajstić information content (AvgIpc) is 2.81. The van der Waals surface area contributed by atoms with Gasteiger partial charge in [0.25, 0.3) is 0 Å². The van der Waals surface area contributed by atoms with E-state index in [4.69, 9.17) is 0 Å². The normalized spacial score (nSPS) is 11.1. The first-order valence-electron chi connectivity index (χ1n) is 4.87. The molecule has 0 aliphatic carbocycles. The highest BCUT2D eigenvalue weighted by molar-refractivity contribution is 9.10. The third-order valence-corrected chi connectivity index (χ3v) is 4.17. The van der Waals surface area contributed by atoms with E-state index >= 15 is 0 Å². The molecule has 0 fully saturated rings. The topological polar surface area (TPSA) is 0 Å². The summed E-state index contributed by atoms with van der Waals surface area (Å²) in [5.41, 5.74) is 2.47. The van der Waals surface area contributed by atoms with Crippen molar-refractivity contribution in [1.82, 2.24) is 0 Å². The number of hydrogen-bond acceptors (Lipinski definition) is 1. The average molecular weight is 358 g/mol. The van der Waals surface area contributed by atoms with Gasteiger partial charge in [0.05, 0.1) is 0 Å². The zero-order valence-corrected chi connectivity index (χ0v) is 12.5. The molecule has 0 saturated carbocycles. The Morgan fingerprint density at radius 3 is 2.75 bits per heavy atom. The van der Waals surface area contributed by atoms with Crippen molar-refractivity contribution in [2.75, 3.05) is 5.33 Å². The number of thiophene rings is 1. The summed E-state index contributed by atoms with van der Waals surface area (Å²) in [5.74, 6) is 0. The van der Waals surface area contributed by atoms with Crippen molar-refractivity contribution in [3.8, 4) is 10.4 Å². The highest BCUT2D eigenvalue weighted by atomic mass is 79.9. The molecule has 0 aliphatic heterocycles. The zero-order valence-electron chi connectivity index (χ0n) is 8.49. The third kappa shape index (κ3) is 2.84.